The van der Waals surface area contributed by atoms with Crippen molar-refractivity contribution >= 4 is 16.5 Å². The van der Waals surface area contributed by atoms with Crippen LogP contribution in [-0.4, -0.2) is 4.98 Å². The van der Waals surface area contributed by atoms with Gasteiger partial charge in [0.2, 0.25) is 0 Å². The van der Waals surface area contributed by atoms with Crippen LogP contribution in [-0.2, 0) is 0 Å². The fourth-order valence-corrected chi connectivity index (χ4v) is 1.73. The van der Waals surface area contributed by atoms with E-state index in [1.807, 2.05) is 30.4 Å². The Hall–Kier alpha value is -2.15. The van der Waals surface area contributed by atoms with Gasteiger partial charge >= 0.3 is 0 Å². The van der Waals surface area contributed by atoms with Crippen LogP contribution in [0.15, 0.2) is 67.9 Å². The van der Waals surface area contributed by atoms with Gasteiger partial charge in [0.05, 0.1) is 5.52 Å². The van der Waals surface area contributed by atoms with Crippen molar-refractivity contribution in [2.75, 3.05) is 0 Å². The molecule has 1 nitrogen and oxygen atoms in total. The highest BCUT2D eigenvalue weighted by atomic mass is 14.6. The Labute approximate surface area is 95.5 Å². The Kier molecular flexibility index (Phi) is 2.97. The second-order valence-electron chi connectivity index (χ2n) is 3.44. The van der Waals surface area contributed by atoms with Gasteiger partial charge in [-0.15, -0.1) is 0 Å². The Morgan fingerprint density at radius 3 is 2.69 bits per heavy atom. The van der Waals surface area contributed by atoms with Crippen LogP contribution < -0.4 is 0 Å². The van der Waals surface area contributed by atoms with E-state index in [9.17, 15) is 0 Å². The maximum atomic E-state index is 4.41. The second kappa shape index (κ2) is 4.58. The van der Waals surface area contributed by atoms with Crippen molar-refractivity contribution in [3.63, 3.8) is 0 Å². The second-order valence-corrected chi connectivity index (χ2v) is 3.44. The zero-order valence-electron chi connectivity index (χ0n) is 9.06. The van der Waals surface area contributed by atoms with Crippen LogP contribution in [0, 0.1) is 0 Å². The van der Waals surface area contributed by atoms with Crippen molar-refractivity contribution in [1.29, 1.82) is 0 Å². The van der Waals surface area contributed by atoms with Gasteiger partial charge in [-0.05, 0) is 11.6 Å². The molecule has 0 saturated heterocycles. The van der Waals surface area contributed by atoms with E-state index in [0.29, 0.717) is 0 Å². The Balaban J connectivity index is 2.73. The lowest BCUT2D eigenvalue weighted by atomic mass is 10.0. The molecule has 2 aromatic rings. The molecule has 1 aromatic heterocycles. The van der Waals surface area contributed by atoms with Crippen LogP contribution >= 0.6 is 0 Å². The molecule has 16 heavy (non-hydrogen) atoms. The first-order chi connectivity index (χ1) is 7.86. The number of benzene rings is 1. The summed E-state index contributed by atoms with van der Waals surface area (Å²) in [6.45, 7) is 7.53. The van der Waals surface area contributed by atoms with Crippen LogP contribution in [0.4, 0.5) is 0 Å². The molecule has 0 unspecified atom stereocenters. The molecule has 0 N–H and O–H groups in total. The summed E-state index contributed by atoms with van der Waals surface area (Å²) < 4.78 is 0. The average molecular weight is 207 g/mol. The fraction of sp³-hybridized carbons (Fsp3) is 0. The van der Waals surface area contributed by atoms with Gasteiger partial charge in [-0.1, -0.05) is 55.7 Å². The number of hydrogen-bond acceptors (Lipinski definition) is 1. The van der Waals surface area contributed by atoms with Gasteiger partial charge in [0.1, 0.15) is 0 Å². The number of hydrogen-bond donors (Lipinski definition) is 0. The smallest absolute Gasteiger partial charge is 0.0780 e. The first-order valence-corrected chi connectivity index (χ1v) is 5.16. The van der Waals surface area contributed by atoms with Gasteiger partial charge in [-0.25, -0.2) is 0 Å². The monoisotopic (exact) mass is 207 g/mol. The predicted molar refractivity (Wildman–Crippen MR) is 70.1 cm³/mol. The predicted octanol–water partition coefficient (Wildman–Crippen LogP) is 3.99. The van der Waals surface area contributed by atoms with E-state index in [0.717, 1.165) is 22.0 Å². The van der Waals surface area contributed by atoms with E-state index in [4.69, 9.17) is 0 Å². The Morgan fingerprint density at radius 1 is 1.12 bits per heavy atom. The average Bonchev–Trinajstić information content (AvgIpc) is 2.35. The largest absolute Gasteiger partial charge is 0.256 e. The number of pyridine rings is 1. The third-order valence-electron chi connectivity index (χ3n) is 2.46. The highest BCUT2D eigenvalue weighted by Crippen LogP contribution is 2.23. The molecule has 0 aliphatic carbocycles. The minimum atomic E-state index is 0.998. The standard InChI is InChI=1S/C15H13N/c1-3-7-12(4-2)14-10-5-8-13-9-6-11-16-15(13)14/h3-11H,1-2H2/b12-7+. The van der Waals surface area contributed by atoms with E-state index in [1.165, 1.54) is 0 Å². The molecule has 0 amide bonds. The number of aromatic nitrogens is 1. The number of para-hydroxylation sites is 1. The molecule has 2 rings (SSSR count). The topological polar surface area (TPSA) is 12.9 Å². The third kappa shape index (κ3) is 1.80. The van der Waals surface area contributed by atoms with Gasteiger partial charge in [-0.3, -0.25) is 4.98 Å². The summed E-state index contributed by atoms with van der Waals surface area (Å²) in [4.78, 5) is 4.41. The zero-order chi connectivity index (χ0) is 11.4. The molecule has 0 saturated carbocycles. The molecule has 0 spiro atoms. The molecular weight excluding hydrogens is 194 g/mol. The van der Waals surface area contributed by atoms with E-state index in [2.05, 4.69) is 30.3 Å². The van der Waals surface area contributed by atoms with Gasteiger partial charge < -0.3 is 0 Å². The van der Waals surface area contributed by atoms with E-state index in [-0.39, 0.29) is 0 Å². The molecule has 1 heterocycles. The molecule has 0 aliphatic heterocycles. The first-order valence-electron chi connectivity index (χ1n) is 5.16. The van der Waals surface area contributed by atoms with Crippen molar-refractivity contribution in [1.82, 2.24) is 4.98 Å². The van der Waals surface area contributed by atoms with Gasteiger partial charge in [0, 0.05) is 17.1 Å². The lowest BCUT2D eigenvalue weighted by molar-refractivity contribution is 1.40. The third-order valence-corrected chi connectivity index (χ3v) is 2.46. The highest BCUT2D eigenvalue weighted by molar-refractivity contribution is 5.93. The van der Waals surface area contributed by atoms with Crippen LogP contribution in [0.1, 0.15) is 5.56 Å². The SMILES string of the molecule is C=C/C=C(\C=C)c1cccc2cccnc12. The zero-order valence-corrected chi connectivity index (χ0v) is 9.06. The quantitative estimate of drug-likeness (QED) is 0.693. The molecule has 78 valence electrons. The summed E-state index contributed by atoms with van der Waals surface area (Å²) in [6.07, 6.45) is 7.33. The molecule has 0 aliphatic rings. The van der Waals surface area contributed by atoms with Crippen LogP contribution in [0.5, 0.6) is 0 Å². The minimum absolute atomic E-state index is 0.998. The number of rotatable bonds is 3. The molecule has 1 aromatic carbocycles. The molecule has 0 bridgehead atoms. The Bertz CT molecular complexity index is 559. The van der Waals surface area contributed by atoms with Gasteiger partial charge in [0.15, 0.2) is 0 Å². The number of allylic oxidation sites excluding steroid dienone is 4. The summed E-state index contributed by atoms with van der Waals surface area (Å²) in [5, 5.41) is 1.14. The van der Waals surface area contributed by atoms with Crippen molar-refractivity contribution in [3.8, 4) is 0 Å². The van der Waals surface area contributed by atoms with Crippen molar-refractivity contribution in [2.24, 2.45) is 0 Å². The van der Waals surface area contributed by atoms with Gasteiger partial charge in [-0.2, -0.15) is 0 Å². The van der Waals surface area contributed by atoms with Gasteiger partial charge in [0.25, 0.3) is 0 Å². The summed E-state index contributed by atoms with van der Waals surface area (Å²) in [5.41, 5.74) is 3.13. The maximum absolute atomic E-state index is 4.41. The van der Waals surface area contributed by atoms with E-state index in [1.54, 1.807) is 12.3 Å². The molecule has 0 fully saturated rings. The lowest BCUT2D eigenvalue weighted by Crippen LogP contribution is -1.86. The van der Waals surface area contributed by atoms with Crippen molar-refractivity contribution in [2.45, 2.75) is 0 Å². The number of fused-ring (bicyclic) bond motifs is 1. The van der Waals surface area contributed by atoms with E-state index < -0.39 is 0 Å². The van der Waals surface area contributed by atoms with Crippen LogP contribution in [0.2, 0.25) is 0 Å². The minimum Gasteiger partial charge on any atom is -0.256 e. The van der Waals surface area contributed by atoms with Crippen molar-refractivity contribution < 1.29 is 0 Å². The summed E-state index contributed by atoms with van der Waals surface area (Å²) in [6, 6.07) is 10.1. The fourth-order valence-electron chi connectivity index (χ4n) is 1.73. The van der Waals surface area contributed by atoms with E-state index >= 15 is 0 Å². The molecule has 1 heteroatoms. The normalized spacial score (nSPS) is 11.4. The summed E-state index contributed by atoms with van der Waals surface area (Å²) >= 11 is 0. The van der Waals surface area contributed by atoms with Crippen LogP contribution in [0.25, 0.3) is 16.5 Å². The highest BCUT2D eigenvalue weighted by Gasteiger charge is 2.03. The molecule has 0 atom stereocenters. The molecular formula is C15H13N. The maximum Gasteiger partial charge on any atom is 0.0780 e. The first kappa shape index (κ1) is 10.4. The van der Waals surface area contributed by atoms with Crippen LogP contribution in [0.3, 0.4) is 0 Å². The number of nitrogens with zero attached hydrogens (tertiary/aromatic N) is 1. The summed E-state index contributed by atoms with van der Waals surface area (Å²) in [7, 11) is 0. The molecule has 0 radical (unpaired) electrons. The lowest BCUT2D eigenvalue weighted by Gasteiger charge is -2.05. The Morgan fingerprint density at radius 2 is 1.94 bits per heavy atom. The summed E-state index contributed by atoms with van der Waals surface area (Å²) in [5.74, 6) is 0. The van der Waals surface area contributed by atoms with Crippen molar-refractivity contribution in [3.05, 3.63) is 73.5 Å².